The van der Waals surface area contributed by atoms with Gasteiger partial charge in [0.25, 0.3) is 0 Å². The summed E-state index contributed by atoms with van der Waals surface area (Å²) in [6.07, 6.45) is 3.48. The minimum absolute atomic E-state index is 0.0261. The zero-order valence-electron chi connectivity index (χ0n) is 6.76. The second kappa shape index (κ2) is 2.01. The molecule has 2 rings (SSSR count). The predicted molar refractivity (Wildman–Crippen MR) is 41.9 cm³/mol. The monoisotopic (exact) mass is 149 g/mol. The molecule has 0 radical (unpaired) electrons. The highest BCUT2D eigenvalue weighted by Crippen LogP contribution is 2.26. The molecule has 1 aliphatic heterocycles. The van der Waals surface area contributed by atoms with E-state index in [9.17, 15) is 0 Å². The van der Waals surface area contributed by atoms with Gasteiger partial charge in [0.1, 0.15) is 6.33 Å². The molecule has 3 heteroatoms. The highest BCUT2D eigenvalue weighted by atomic mass is 15.0. The Morgan fingerprint density at radius 3 is 3.09 bits per heavy atom. The summed E-state index contributed by atoms with van der Waals surface area (Å²) in [6, 6.07) is 0. The van der Waals surface area contributed by atoms with Crippen LogP contribution < -0.4 is 5.32 Å². The fraction of sp³-hybridized carbons (Fsp3) is 0.500. The molecule has 3 nitrogen and oxygen atoms in total. The van der Waals surface area contributed by atoms with Crippen molar-refractivity contribution in [3.8, 4) is 0 Å². The Labute approximate surface area is 65.9 Å². The molecule has 0 spiro atoms. The Bertz CT molecular complexity index is 280. The van der Waals surface area contributed by atoms with Gasteiger partial charge in [-0.2, -0.15) is 0 Å². The van der Waals surface area contributed by atoms with Crippen LogP contribution in [0.2, 0.25) is 0 Å². The quantitative estimate of drug-likeness (QED) is 0.593. The van der Waals surface area contributed by atoms with Crippen molar-refractivity contribution in [2.45, 2.75) is 25.9 Å². The summed E-state index contributed by atoms with van der Waals surface area (Å²) >= 11 is 0. The zero-order chi connectivity index (χ0) is 7.90. The molecule has 0 amide bonds. The van der Waals surface area contributed by atoms with Crippen molar-refractivity contribution in [2.75, 3.05) is 0 Å². The molecule has 0 fully saturated rings. The van der Waals surface area contributed by atoms with Gasteiger partial charge >= 0.3 is 0 Å². The molecular formula is C8H11N3. The van der Waals surface area contributed by atoms with E-state index in [4.69, 9.17) is 0 Å². The predicted octanol–water partition coefficient (Wildman–Crippen LogP) is 0.815. The Morgan fingerprint density at radius 1 is 1.55 bits per heavy atom. The number of hydrogen-bond acceptors (Lipinski definition) is 3. The normalized spacial score (nSPS) is 19.8. The molecule has 0 aliphatic carbocycles. The molecule has 0 saturated carbocycles. The smallest absolute Gasteiger partial charge is 0.115 e. The standard InChI is InChI=1S/C8H11N3/c1-8(2)7-6(4-11-8)3-9-5-10-7/h3,5,11H,4H2,1-2H3. The van der Waals surface area contributed by atoms with E-state index < -0.39 is 0 Å². The van der Waals surface area contributed by atoms with E-state index >= 15 is 0 Å². The number of nitrogens with one attached hydrogen (secondary N) is 1. The average Bonchev–Trinajstić information content (AvgIpc) is 2.29. The van der Waals surface area contributed by atoms with Crippen LogP contribution in [-0.4, -0.2) is 9.97 Å². The van der Waals surface area contributed by atoms with Gasteiger partial charge in [-0.1, -0.05) is 0 Å². The van der Waals surface area contributed by atoms with Gasteiger partial charge in [-0.15, -0.1) is 0 Å². The highest BCUT2D eigenvalue weighted by molar-refractivity contribution is 5.27. The summed E-state index contributed by atoms with van der Waals surface area (Å²) < 4.78 is 0. The summed E-state index contributed by atoms with van der Waals surface area (Å²) in [5.74, 6) is 0. The summed E-state index contributed by atoms with van der Waals surface area (Å²) in [5, 5.41) is 3.36. The first kappa shape index (κ1) is 6.73. The van der Waals surface area contributed by atoms with E-state index in [1.165, 1.54) is 5.56 Å². The average molecular weight is 149 g/mol. The van der Waals surface area contributed by atoms with Crippen LogP contribution >= 0.6 is 0 Å². The van der Waals surface area contributed by atoms with Gasteiger partial charge in [0.2, 0.25) is 0 Å². The van der Waals surface area contributed by atoms with Crippen LogP contribution in [0.3, 0.4) is 0 Å². The lowest BCUT2D eigenvalue weighted by molar-refractivity contribution is 0.433. The van der Waals surface area contributed by atoms with E-state index in [1.807, 2.05) is 6.20 Å². The summed E-state index contributed by atoms with van der Waals surface area (Å²) in [6.45, 7) is 5.15. The molecule has 0 atom stereocenters. The largest absolute Gasteiger partial charge is 0.302 e. The van der Waals surface area contributed by atoms with Crippen LogP contribution in [0.4, 0.5) is 0 Å². The van der Waals surface area contributed by atoms with Crippen molar-refractivity contribution >= 4 is 0 Å². The zero-order valence-corrected chi connectivity index (χ0v) is 6.76. The minimum Gasteiger partial charge on any atom is -0.302 e. The summed E-state index contributed by atoms with van der Waals surface area (Å²) in [7, 11) is 0. The molecule has 1 N–H and O–H groups in total. The molecule has 0 bridgehead atoms. The maximum atomic E-state index is 4.24. The SMILES string of the molecule is CC1(C)NCc2cncnc21. The topological polar surface area (TPSA) is 37.8 Å². The molecule has 2 heterocycles. The lowest BCUT2D eigenvalue weighted by atomic mass is 10.0. The first-order chi connectivity index (χ1) is 5.20. The lowest BCUT2D eigenvalue weighted by Crippen LogP contribution is -2.29. The summed E-state index contributed by atoms with van der Waals surface area (Å²) in [5.41, 5.74) is 2.38. The van der Waals surface area contributed by atoms with Gasteiger partial charge in [0, 0.05) is 18.3 Å². The van der Waals surface area contributed by atoms with Crippen LogP contribution in [0.5, 0.6) is 0 Å². The van der Waals surface area contributed by atoms with E-state index in [0.29, 0.717) is 0 Å². The number of fused-ring (bicyclic) bond motifs is 1. The molecule has 1 aliphatic rings. The first-order valence-electron chi connectivity index (χ1n) is 3.74. The van der Waals surface area contributed by atoms with Crippen molar-refractivity contribution in [1.29, 1.82) is 0 Å². The van der Waals surface area contributed by atoms with E-state index in [-0.39, 0.29) is 5.54 Å². The minimum atomic E-state index is 0.0261. The third-order valence-electron chi connectivity index (χ3n) is 2.10. The van der Waals surface area contributed by atoms with Gasteiger partial charge in [0.05, 0.1) is 11.2 Å². The second-order valence-corrected chi connectivity index (χ2v) is 3.38. The van der Waals surface area contributed by atoms with Crippen molar-refractivity contribution in [1.82, 2.24) is 15.3 Å². The number of rotatable bonds is 0. The number of aromatic nitrogens is 2. The van der Waals surface area contributed by atoms with Gasteiger partial charge in [-0.05, 0) is 13.8 Å². The van der Waals surface area contributed by atoms with Crippen LogP contribution in [0.1, 0.15) is 25.1 Å². The van der Waals surface area contributed by atoms with Crippen LogP contribution in [0.25, 0.3) is 0 Å². The molecule has 0 aromatic carbocycles. The third-order valence-corrected chi connectivity index (χ3v) is 2.10. The van der Waals surface area contributed by atoms with E-state index in [0.717, 1.165) is 12.2 Å². The molecular weight excluding hydrogens is 138 g/mol. The highest BCUT2D eigenvalue weighted by Gasteiger charge is 2.30. The molecule has 1 aromatic heterocycles. The van der Waals surface area contributed by atoms with Gasteiger partial charge < -0.3 is 5.32 Å². The maximum absolute atomic E-state index is 4.24. The Balaban J connectivity index is 2.56. The van der Waals surface area contributed by atoms with Crippen LogP contribution in [-0.2, 0) is 12.1 Å². The van der Waals surface area contributed by atoms with Crippen molar-refractivity contribution < 1.29 is 0 Å². The molecule has 0 unspecified atom stereocenters. The van der Waals surface area contributed by atoms with E-state index in [1.54, 1.807) is 6.33 Å². The lowest BCUT2D eigenvalue weighted by Gasteiger charge is -2.17. The summed E-state index contributed by atoms with van der Waals surface area (Å²) in [4.78, 5) is 8.21. The maximum Gasteiger partial charge on any atom is 0.115 e. The number of nitrogens with zero attached hydrogens (tertiary/aromatic N) is 2. The van der Waals surface area contributed by atoms with Gasteiger partial charge in [0.15, 0.2) is 0 Å². The molecule has 0 saturated heterocycles. The van der Waals surface area contributed by atoms with E-state index in [2.05, 4.69) is 29.1 Å². The molecule has 1 aromatic rings. The van der Waals surface area contributed by atoms with Crippen LogP contribution in [0.15, 0.2) is 12.5 Å². The van der Waals surface area contributed by atoms with Crippen molar-refractivity contribution in [3.05, 3.63) is 23.8 Å². The molecule has 11 heavy (non-hydrogen) atoms. The number of hydrogen-bond donors (Lipinski definition) is 1. The van der Waals surface area contributed by atoms with Crippen molar-refractivity contribution in [2.24, 2.45) is 0 Å². The Hall–Kier alpha value is -0.960. The molecule has 58 valence electrons. The second-order valence-electron chi connectivity index (χ2n) is 3.38. The fourth-order valence-electron chi connectivity index (χ4n) is 1.45. The fourth-order valence-corrected chi connectivity index (χ4v) is 1.45. The van der Waals surface area contributed by atoms with Gasteiger partial charge in [-0.25, -0.2) is 9.97 Å². The Morgan fingerprint density at radius 2 is 2.36 bits per heavy atom. The van der Waals surface area contributed by atoms with Crippen LogP contribution in [0, 0.1) is 0 Å². The van der Waals surface area contributed by atoms with Crippen molar-refractivity contribution in [3.63, 3.8) is 0 Å². The Kier molecular flexibility index (Phi) is 1.23. The third kappa shape index (κ3) is 0.922. The van der Waals surface area contributed by atoms with Gasteiger partial charge in [-0.3, -0.25) is 0 Å². The first-order valence-corrected chi connectivity index (χ1v) is 3.74.